The smallest absolute Gasteiger partial charge is 0.126 e. The molecule has 0 nitrogen and oxygen atoms in total. The van der Waals surface area contributed by atoms with Crippen molar-refractivity contribution >= 4 is 39.2 Å². The molecule has 0 aromatic heterocycles. The monoisotopic (exact) mass is 412 g/mol. The molecule has 0 N–H and O–H groups in total. The van der Waals surface area contributed by atoms with Gasteiger partial charge in [-0.1, -0.05) is 102 Å². The molecule has 0 bridgehead atoms. The van der Waals surface area contributed by atoms with Gasteiger partial charge in [-0.05, 0) is 18.9 Å². The fourth-order valence-corrected chi connectivity index (χ4v) is 4.94. The quantitative estimate of drug-likeness (QED) is 0.0855. The standard InChI is InChI=1S/C20H39Cl3Si/c1-2-3-4-5-6-7-8-9-10-11-12-13-14-15-16-17-18-19-20-24(21,22)23/h2H,1,3-20H2. The summed E-state index contributed by atoms with van der Waals surface area (Å²) in [6.07, 6.45) is 25.2. The Morgan fingerprint density at radius 1 is 0.500 bits per heavy atom. The van der Waals surface area contributed by atoms with Gasteiger partial charge in [0.2, 0.25) is 0 Å². The van der Waals surface area contributed by atoms with Crippen molar-refractivity contribution in [1.29, 1.82) is 0 Å². The van der Waals surface area contributed by atoms with Gasteiger partial charge in [0.1, 0.15) is 0 Å². The first-order valence-electron chi connectivity index (χ1n) is 10.2. The van der Waals surface area contributed by atoms with Crippen molar-refractivity contribution in [3.63, 3.8) is 0 Å². The summed E-state index contributed by atoms with van der Waals surface area (Å²) in [6.45, 7) is 3.77. The minimum atomic E-state index is -2.35. The number of rotatable bonds is 19. The van der Waals surface area contributed by atoms with Crippen molar-refractivity contribution in [2.75, 3.05) is 0 Å². The summed E-state index contributed by atoms with van der Waals surface area (Å²) >= 11 is 17.6. The number of hydrogen-bond donors (Lipinski definition) is 0. The minimum absolute atomic E-state index is 0.826. The summed E-state index contributed by atoms with van der Waals surface area (Å²) < 4.78 is 0. The normalized spacial score (nSPS) is 11.8. The SMILES string of the molecule is C=CCCCCCCCCCCCCCCCCCC[Si](Cl)(Cl)Cl. The number of unbranched alkanes of at least 4 members (excludes halogenated alkanes) is 16. The lowest BCUT2D eigenvalue weighted by Crippen LogP contribution is -2.07. The number of hydrogen-bond acceptors (Lipinski definition) is 0. The van der Waals surface area contributed by atoms with E-state index in [0.717, 1.165) is 12.5 Å². The molecule has 0 saturated heterocycles. The van der Waals surface area contributed by atoms with Crippen LogP contribution in [0.2, 0.25) is 6.04 Å². The van der Waals surface area contributed by atoms with Gasteiger partial charge in [0.05, 0.1) is 0 Å². The predicted molar refractivity (Wildman–Crippen MR) is 117 cm³/mol. The Morgan fingerprint density at radius 2 is 0.792 bits per heavy atom. The van der Waals surface area contributed by atoms with Crippen molar-refractivity contribution in [3.8, 4) is 0 Å². The molecule has 144 valence electrons. The molecule has 0 unspecified atom stereocenters. The molecular formula is C20H39Cl3Si. The lowest BCUT2D eigenvalue weighted by molar-refractivity contribution is 0.530. The maximum absolute atomic E-state index is 5.88. The van der Waals surface area contributed by atoms with Crippen LogP contribution in [-0.2, 0) is 0 Å². The van der Waals surface area contributed by atoms with E-state index in [1.807, 2.05) is 6.08 Å². The van der Waals surface area contributed by atoms with Gasteiger partial charge in [-0.25, -0.2) is 0 Å². The van der Waals surface area contributed by atoms with Crippen LogP contribution < -0.4 is 0 Å². The molecule has 4 heteroatoms. The molecule has 0 amide bonds. The van der Waals surface area contributed by atoms with Crippen molar-refractivity contribution in [2.45, 2.75) is 115 Å². The van der Waals surface area contributed by atoms with Gasteiger partial charge in [0.15, 0.2) is 0 Å². The van der Waals surface area contributed by atoms with Gasteiger partial charge < -0.3 is 0 Å². The molecule has 0 radical (unpaired) electrons. The van der Waals surface area contributed by atoms with Crippen LogP contribution in [0, 0.1) is 0 Å². The fourth-order valence-electron chi connectivity index (χ4n) is 3.09. The van der Waals surface area contributed by atoms with Crippen LogP contribution in [0.25, 0.3) is 0 Å². The molecule has 0 aliphatic carbocycles. The summed E-state index contributed by atoms with van der Waals surface area (Å²) in [4.78, 5) is 0. The second kappa shape index (κ2) is 18.6. The van der Waals surface area contributed by atoms with Gasteiger partial charge in [0.25, 0.3) is 0 Å². The molecule has 0 aromatic rings. The third-order valence-corrected chi connectivity index (χ3v) is 7.24. The van der Waals surface area contributed by atoms with Crippen LogP contribution in [0.1, 0.15) is 109 Å². The molecule has 0 saturated carbocycles. The highest BCUT2D eigenvalue weighted by molar-refractivity contribution is 7.64. The minimum Gasteiger partial charge on any atom is -0.126 e. The molecule has 0 atom stereocenters. The molecule has 24 heavy (non-hydrogen) atoms. The number of allylic oxidation sites excluding steroid dienone is 1. The molecule has 0 heterocycles. The summed E-state index contributed by atoms with van der Waals surface area (Å²) in [6, 6.07) is -1.53. The fraction of sp³-hybridized carbons (Fsp3) is 0.900. The van der Waals surface area contributed by atoms with E-state index in [1.165, 1.54) is 103 Å². The van der Waals surface area contributed by atoms with Gasteiger partial charge in [-0.15, -0.1) is 39.8 Å². The van der Waals surface area contributed by atoms with E-state index >= 15 is 0 Å². The lowest BCUT2D eigenvalue weighted by atomic mass is 10.0. The molecule has 0 rings (SSSR count). The van der Waals surface area contributed by atoms with E-state index in [4.69, 9.17) is 33.2 Å². The van der Waals surface area contributed by atoms with Crippen LogP contribution in [0.5, 0.6) is 0 Å². The van der Waals surface area contributed by atoms with E-state index in [9.17, 15) is 0 Å². The van der Waals surface area contributed by atoms with Gasteiger partial charge in [-0.2, -0.15) is 0 Å². The zero-order chi connectivity index (χ0) is 17.9. The van der Waals surface area contributed by atoms with Crippen LogP contribution in [-0.4, -0.2) is 6.00 Å². The highest BCUT2D eigenvalue weighted by Crippen LogP contribution is 2.27. The Balaban J connectivity index is 3.01. The first-order valence-corrected chi connectivity index (χ1v) is 15.5. The third kappa shape index (κ3) is 22.8. The zero-order valence-corrected chi connectivity index (χ0v) is 18.9. The van der Waals surface area contributed by atoms with Crippen molar-refractivity contribution in [2.24, 2.45) is 0 Å². The lowest BCUT2D eigenvalue weighted by Gasteiger charge is -2.07. The Labute approximate surface area is 166 Å². The van der Waals surface area contributed by atoms with Gasteiger partial charge in [0, 0.05) is 0 Å². The first kappa shape index (κ1) is 24.8. The van der Waals surface area contributed by atoms with Crippen molar-refractivity contribution in [1.82, 2.24) is 0 Å². The average molecular weight is 414 g/mol. The highest BCUT2D eigenvalue weighted by Gasteiger charge is 2.23. The zero-order valence-electron chi connectivity index (χ0n) is 15.6. The van der Waals surface area contributed by atoms with Gasteiger partial charge in [-0.3, -0.25) is 0 Å². The van der Waals surface area contributed by atoms with E-state index in [1.54, 1.807) is 0 Å². The summed E-state index contributed by atoms with van der Waals surface area (Å²) in [5, 5.41) is 0. The highest BCUT2D eigenvalue weighted by atomic mass is 35.8. The predicted octanol–water partition coefficient (Wildman–Crippen LogP) is 9.46. The second-order valence-corrected chi connectivity index (χ2v) is 16.4. The van der Waals surface area contributed by atoms with Crippen LogP contribution in [0.15, 0.2) is 12.7 Å². The summed E-state index contributed by atoms with van der Waals surface area (Å²) in [5.74, 6) is 0. The van der Waals surface area contributed by atoms with Gasteiger partial charge >= 0.3 is 6.00 Å². The molecule has 0 aliphatic rings. The second-order valence-electron chi connectivity index (χ2n) is 7.10. The number of halogens is 3. The largest absolute Gasteiger partial charge is 0.341 e. The Hall–Kier alpha value is 0.827. The van der Waals surface area contributed by atoms with E-state index < -0.39 is 6.00 Å². The topological polar surface area (TPSA) is 0 Å². The average Bonchev–Trinajstić information content (AvgIpc) is 2.52. The Kier molecular flexibility index (Phi) is 19.3. The summed E-state index contributed by atoms with van der Waals surface area (Å²) in [7, 11) is 0. The van der Waals surface area contributed by atoms with Crippen molar-refractivity contribution < 1.29 is 0 Å². The molecule has 0 fully saturated rings. The molecule has 0 aromatic carbocycles. The van der Waals surface area contributed by atoms with Crippen molar-refractivity contribution in [3.05, 3.63) is 12.7 Å². The Morgan fingerprint density at radius 3 is 1.08 bits per heavy atom. The summed E-state index contributed by atoms with van der Waals surface area (Å²) in [5.41, 5.74) is 0. The molecule has 0 spiro atoms. The van der Waals surface area contributed by atoms with Crippen LogP contribution in [0.4, 0.5) is 0 Å². The molecular weight excluding hydrogens is 375 g/mol. The first-order chi connectivity index (χ1) is 11.6. The van der Waals surface area contributed by atoms with E-state index in [2.05, 4.69) is 6.58 Å². The van der Waals surface area contributed by atoms with Crippen LogP contribution in [0.3, 0.4) is 0 Å². The maximum Gasteiger partial charge on any atom is 0.341 e. The van der Waals surface area contributed by atoms with Crippen LogP contribution >= 0.6 is 33.2 Å². The maximum atomic E-state index is 5.88. The van der Waals surface area contributed by atoms with E-state index in [-0.39, 0.29) is 0 Å². The Bertz CT molecular complexity index is 264. The third-order valence-electron chi connectivity index (χ3n) is 4.62. The molecule has 0 aliphatic heterocycles. The van der Waals surface area contributed by atoms with E-state index in [0.29, 0.717) is 0 Å².